The maximum absolute atomic E-state index is 7.33. The maximum Gasteiger partial charge on any atom is 3.00 e. The van der Waals surface area contributed by atoms with Gasteiger partial charge in [-0.3, -0.25) is 0 Å². The van der Waals surface area contributed by atoms with E-state index in [9.17, 15) is 0 Å². The van der Waals surface area contributed by atoms with Gasteiger partial charge in [0.2, 0.25) is 0 Å². The predicted molar refractivity (Wildman–Crippen MR) is 31.9 cm³/mol. The van der Waals surface area contributed by atoms with Crippen molar-refractivity contribution in [3.8, 4) is 0 Å². The van der Waals surface area contributed by atoms with Crippen LogP contribution in [-0.4, -0.2) is 140 Å². The van der Waals surface area contributed by atoms with Crippen LogP contribution >= 0.6 is 0 Å². The molecule has 0 fully saturated rings. The fraction of sp³-hybridized carbons (Fsp3) is 0. The summed E-state index contributed by atoms with van der Waals surface area (Å²) in [5.41, 5.74) is 0. The van der Waals surface area contributed by atoms with Gasteiger partial charge in [-0.15, -0.1) is 0 Å². The second kappa shape index (κ2) is 10.6. The van der Waals surface area contributed by atoms with Gasteiger partial charge in [0.25, 0.3) is 0 Å². The normalized spacial score (nSPS) is 7.50. The quantitative estimate of drug-likeness (QED) is 0.339. The molecule has 0 saturated carbocycles. The summed E-state index contributed by atoms with van der Waals surface area (Å²) in [5, 5.41) is 0. The Morgan fingerprint density at radius 1 is 0.875 bits per heavy atom. The van der Waals surface area contributed by atoms with Crippen LogP contribution in [0.1, 0.15) is 0 Å². The summed E-state index contributed by atoms with van der Waals surface area (Å²) in [7, 11) is -4.61. The minimum Gasteiger partial charge on any atom is -0.368 e. The van der Waals surface area contributed by atoms with Crippen molar-refractivity contribution in [3.63, 3.8) is 0 Å². The molecule has 4 N–H and O–H groups in total. The second-order valence-corrected chi connectivity index (χ2v) is 1.80. The topological polar surface area (TPSA) is 80.9 Å². The Kier molecular flexibility index (Phi) is 30.0. The predicted octanol–water partition coefficient (Wildman–Crippen LogP) is -3.75. The van der Waals surface area contributed by atoms with E-state index in [1.54, 1.807) is 0 Å². The molecule has 0 amide bonds. The summed E-state index contributed by atoms with van der Waals surface area (Å²) in [6, 6.07) is 0. The van der Waals surface area contributed by atoms with Crippen molar-refractivity contribution in [2.75, 3.05) is 0 Å². The van der Waals surface area contributed by atoms with Gasteiger partial charge in [0.15, 0.2) is 0 Å². The Hall–Kier alpha value is 3.64. The van der Waals surface area contributed by atoms with Crippen molar-refractivity contribution in [1.82, 2.24) is 0 Å². The van der Waals surface area contributed by atoms with Gasteiger partial charge in [0.05, 0.1) is 0 Å². The molecule has 0 aliphatic heterocycles. The zero-order valence-corrected chi connectivity index (χ0v) is 14.4. The third-order valence-electron chi connectivity index (χ3n) is 0. The molecule has 0 aromatic heterocycles. The maximum atomic E-state index is 7.33. The van der Waals surface area contributed by atoms with Crippen LogP contribution in [-0.2, 0) is 0 Å². The van der Waals surface area contributed by atoms with Gasteiger partial charge >= 0.3 is 121 Å². The van der Waals surface area contributed by atoms with E-state index >= 15 is 0 Å². The Bertz CT molecular complexity index is 31.5. The summed E-state index contributed by atoms with van der Waals surface area (Å²) in [5.74, 6) is 0. The Labute approximate surface area is 136 Å². The van der Waals surface area contributed by atoms with Gasteiger partial charge in [-0.1, -0.05) is 0 Å². The van der Waals surface area contributed by atoms with E-state index in [1.807, 2.05) is 0 Å². The average Bonchev–Trinajstić information content (AvgIpc) is 0.722. The van der Waals surface area contributed by atoms with Crippen molar-refractivity contribution in [2.45, 2.75) is 0 Å². The summed E-state index contributed by atoms with van der Waals surface area (Å²) < 4.78 is 0. The summed E-state index contributed by atoms with van der Waals surface area (Å²) in [6.45, 7) is 0. The van der Waals surface area contributed by atoms with Crippen LogP contribution in [0.15, 0.2) is 0 Å². The van der Waals surface area contributed by atoms with E-state index < -0.39 is 9.05 Å². The molecule has 32 valence electrons. The van der Waals surface area contributed by atoms with E-state index in [2.05, 4.69) is 0 Å². The first-order chi connectivity index (χ1) is 2.00. The van der Waals surface area contributed by atoms with Crippen molar-refractivity contribution in [2.24, 2.45) is 0 Å². The first-order valence-corrected chi connectivity index (χ1v) is 2.68. The molecule has 0 atom stereocenters. The molecule has 0 spiro atoms. The second-order valence-electron chi connectivity index (χ2n) is 0.600. The third kappa shape index (κ3) is 54.3. The monoisotopic (exact) mass is 349 g/mol. The van der Waals surface area contributed by atoms with E-state index in [0.29, 0.717) is 0 Å². The standard InChI is InChI=1S/Al.Ba.H4O4Si.Sr/c;;1-5(2,3)4;/h;;1-4H;/q+3;+2;;+2. The van der Waals surface area contributed by atoms with Gasteiger partial charge < -0.3 is 19.2 Å². The number of hydrogen-bond donors (Lipinski definition) is 4. The fourth-order valence-electron chi connectivity index (χ4n) is 0. The Morgan fingerprint density at radius 3 is 0.875 bits per heavy atom. The summed E-state index contributed by atoms with van der Waals surface area (Å²) in [6.07, 6.45) is 0. The van der Waals surface area contributed by atoms with Crippen LogP contribution < -0.4 is 0 Å². The molecule has 0 unspecified atom stereocenters. The minimum atomic E-state index is -4.61. The van der Waals surface area contributed by atoms with E-state index in [1.165, 1.54) is 0 Å². The van der Waals surface area contributed by atoms with Gasteiger partial charge in [-0.05, 0) is 0 Å². The molecule has 4 nitrogen and oxygen atoms in total. The Morgan fingerprint density at radius 2 is 0.875 bits per heavy atom. The van der Waals surface area contributed by atoms with Crippen LogP contribution in [0.25, 0.3) is 0 Å². The van der Waals surface area contributed by atoms with Crippen LogP contribution in [0.4, 0.5) is 0 Å². The minimum absolute atomic E-state index is 0. The smallest absolute Gasteiger partial charge is 0.368 e. The van der Waals surface area contributed by atoms with Crippen LogP contribution in [0.2, 0.25) is 0 Å². The summed E-state index contributed by atoms with van der Waals surface area (Å²) in [4.78, 5) is 29.3. The van der Waals surface area contributed by atoms with Crippen molar-refractivity contribution >= 4 is 121 Å². The molecular weight excluding hydrogens is 344 g/mol. The van der Waals surface area contributed by atoms with Crippen molar-refractivity contribution in [3.05, 3.63) is 0 Å². The first kappa shape index (κ1) is 22.6. The van der Waals surface area contributed by atoms with Gasteiger partial charge in [0, 0.05) is 0 Å². The van der Waals surface area contributed by atoms with Crippen molar-refractivity contribution < 1.29 is 19.2 Å². The molecule has 0 aromatic carbocycles. The molecule has 0 bridgehead atoms. The zero-order chi connectivity index (χ0) is 4.50. The molecule has 0 radical (unpaired) electrons. The molecule has 0 aliphatic rings. The van der Waals surface area contributed by atoms with E-state index in [0.717, 1.165) is 0 Å². The molecular formula is H4AlBaO4SiSr+7. The van der Waals surface area contributed by atoms with Gasteiger partial charge in [-0.25, -0.2) is 0 Å². The van der Waals surface area contributed by atoms with Crippen molar-refractivity contribution in [1.29, 1.82) is 0 Å². The average molecular weight is 348 g/mol. The molecule has 0 rings (SSSR count). The molecule has 0 saturated heterocycles. The summed E-state index contributed by atoms with van der Waals surface area (Å²) >= 11 is 0. The van der Waals surface area contributed by atoms with E-state index in [-0.39, 0.29) is 112 Å². The fourth-order valence-corrected chi connectivity index (χ4v) is 0. The number of rotatable bonds is 0. The number of hydrogen-bond acceptors (Lipinski definition) is 4. The zero-order valence-electron chi connectivity index (χ0n) is 4.28. The molecule has 8 heavy (non-hydrogen) atoms. The molecule has 0 heterocycles. The molecule has 8 heteroatoms. The van der Waals surface area contributed by atoms with Gasteiger partial charge in [-0.2, -0.15) is 0 Å². The third-order valence-corrected chi connectivity index (χ3v) is 0. The van der Waals surface area contributed by atoms with Crippen LogP contribution in [0.5, 0.6) is 0 Å². The SMILES string of the molecule is O[Si](O)(O)O.[Al+3].[Ba+2].[Sr+2]. The van der Waals surface area contributed by atoms with Gasteiger partial charge in [0.1, 0.15) is 0 Å². The Balaban J connectivity index is -0.0000000267. The largest absolute Gasteiger partial charge is 3.00 e. The molecule has 0 aromatic rings. The molecule has 0 aliphatic carbocycles. The first-order valence-electron chi connectivity index (χ1n) is 0.894. The van der Waals surface area contributed by atoms with Crippen LogP contribution in [0, 0.1) is 0 Å². The van der Waals surface area contributed by atoms with Crippen LogP contribution in [0.3, 0.4) is 0 Å². The van der Waals surface area contributed by atoms with E-state index in [4.69, 9.17) is 19.2 Å².